The average molecular weight is 797 g/mol. The highest BCUT2D eigenvalue weighted by Crippen LogP contribution is 2.56. The molecule has 0 bridgehead atoms. The van der Waals surface area contributed by atoms with Crippen molar-refractivity contribution in [2.45, 2.75) is 12.8 Å². The van der Waals surface area contributed by atoms with Crippen LogP contribution in [0.1, 0.15) is 18.4 Å². The van der Waals surface area contributed by atoms with Crippen molar-refractivity contribution in [1.82, 2.24) is 0 Å². The molecule has 0 aromatic heterocycles. The lowest BCUT2D eigenvalue weighted by molar-refractivity contribution is 0.480. The highest BCUT2D eigenvalue weighted by molar-refractivity contribution is 6.14. The summed E-state index contributed by atoms with van der Waals surface area (Å²) >= 11 is 0. The maximum atomic E-state index is 6.77. The summed E-state index contributed by atoms with van der Waals surface area (Å²) in [6.45, 7) is 0. The van der Waals surface area contributed by atoms with Crippen molar-refractivity contribution in [3.63, 3.8) is 0 Å². The van der Waals surface area contributed by atoms with Crippen LogP contribution in [-0.2, 0) is 0 Å². The third-order valence-corrected chi connectivity index (χ3v) is 12.4. The molecular formula is C58H40N2O2. The van der Waals surface area contributed by atoms with Crippen molar-refractivity contribution >= 4 is 44.8 Å². The standard InChI is InChI=1S/C58H40N2O2/c1-5-13-43(14-6-1)59(44-15-7-2-8-16-44)47-27-21-39(22-28-47)41-25-31-49-51-33-36-54-58-52(34-35-53(57(51)58)61-55(49)37-41)50-32-26-42(38-56(50)62-54)40-23-29-48(30-24-40)60(45-17-9-3-10-18-45)46-19-11-4-12-20-46/h1-23,25-29,31-38H,24,30H2. The molecule has 0 amide bonds. The number of fused-ring (bicyclic) bond motifs is 4. The number of anilines is 5. The number of hydrogen-bond acceptors (Lipinski definition) is 4. The molecule has 1 aliphatic carbocycles. The third kappa shape index (κ3) is 6.15. The van der Waals surface area contributed by atoms with Gasteiger partial charge in [0.05, 0.1) is 0 Å². The fourth-order valence-corrected chi connectivity index (χ4v) is 9.42. The maximum absolute atomic E-state index is 6.77. The monoisotopic (exact) mass is 796 g/mol. The Bertz CT molecular complexity index is 3130. The van der Waals surface area contributed by atoms with Crippen LogP contribution in [0.4, 0.5) is 28.4 Å². The minimum absolute atomic E-state index is 0.848. The van der Waals surface area contributed by atoms with E-state index in [4.69, 9.17) is 9.47 Å². The predicted octanol–water partition coefficient (Wildman–Crippen LogP) is 16.4. The molecular weight excluding hydrogens is 757 g/mol. The molecule has 4 nitrogen and oxygen atoms in total. The first-order valence-corrected chi connectivity index (χ1v) is 21.3. The Morgan fingerprint density at radius 1 is 0.306 bits per heavy atom. The van der Waals surface area contributed by atoms with Crippen LogP contribution >= 0.6 is 0 Å². The zero-order chi connectivity index (χ0) is 41.0. The van der Waals surface area contributed by atoms with E-state index in [-0.39, 0.29) is 0 Å². The van der Waals surface area contributed by atoms with Gasteiger partial charge in [0.25, 0.3) is 0 Å². The van der Waals surface area contributed by atoms with Gasteiger partial charge < -0.3 is 19.3 Å². The zero-order valence-corrected chi connectivity index (χ0v) is 33.9. The van der Waals surface area contributed by atoms with Crippen LogP contribution in [0.2, 0.25) is 0 Å². The second-order valence-electron chi connectivity index (χ2n) is 16.0. The fourth-order valence-electron chi connectivity index (χ4n) is 9.42. The van der Waals surface area contributed by atoms with Crippen molar-refractivity contribution in [2.75, 3.05) is 9.80 Å². The normalized spacial score (nSPS) is 13.2. The molecule has 0 spiro atoms. The molecule has 12 rings (SSSR count). The first kappa shape index (κ1) is 35.8. The van der Waals surface area contributed by atoms with Crippen LogP contribution < -0.4 is 19.3 Å². The Hall–Kier alpha value is -8.08. The number of benzene rings is 9. The van der Waals surface area contributed by atoms with Gasteiger partial charge in [0, 0.05) is 56.0 Å². The topological polar surface area (TPSA) is 24.9 Å². The van der Waals surface area contributed by atoms with Crippen LogP contribution in [-0.4, -0.2) is 0 Å². The van der Waals surface area contributed by atoms with Crippen LogP contribution in [0.15, 0.2) is 224 Å². The van der Waals surface area contributed by atoms with Crippen molar-refractivity contribution < 1.29 is 9.47 Å². The SMILES string of the molecule is C1=C(c2ccc3c(c2)Oc2ccc4c5c(ccc-3c25)Oc2cc(-c3ccc(N(c5ccccc5)c5ccccc5)cc3)ccc2-4)CCC(N(c2ccccc2)c2ccccc2)=C1. The van der Waals surface area contributed by atoms with Gasteiger partial charge in [-0.05, 0) is 155 Å². The molecule has 0 saturated heterocycles. The van der Waals surface area contributed by atoms with E-state index in [9.17, 15) is 0 Å². The molecule has 2 aliphatic heterocycles. The second-order valence-corrected chi connectivity index (χ2v) is 16.0. The lowest BCUT2D eigenvalue weighted by Crippen LogP contribution is -2.17. The van der Waals surface area contributed by atoms with E-state index in [2.05, 4.69) is 228 Å². The minimum Gasteiger partial charge on any atom is -0.456 e. The first-order chi connectivity index (χ1) is 30.7. The average Bonchev–Trinajstić information content (AvgIpc) is 3.34. The summed E-state index contributed by atoms with van der Waals surface area (Å²) in [5.41, 5.74) is 16.2. The van der Waals surface area contributed by atoms with E-state index in [1.807, 2.05) is 0 Å². The van der Waals surface area contributed by atoms with Crippen molar-refractivity contribution in [2.24, 2.45) is 0 Å². The van der Waals surface area contributed by atoms with Crippen LogP contribution in [0, 0.1) is 0 Å². The molecule has 0 radical (unpaired) electrons. The van der Waals surface area contributed by atoms with Gasteiger partial charge in [-0.25, -0.2) is 0 Å². The molecule has 9 aromatic rings. The van der Waals surface area contributed by atoms with Crippen molar-refractivity contribution in [3.05, 3.63) is 230 Å². The summed E-state index contributed by atoms with van der Waals surface area (Å²) < 4.78 is 13.5. The smallest absolute Gasteiger partial charge is 0.136 e. The van der Waals surface area contributed by atoms with E-state index in [1.54, 1.807) is 0 Å². The fraction of sp³-hybridized carbons (Fsp3) is 0.0345. The summed E-state index contributed by atoms with van der Waals surface area (Å²) in [6.07, 6.45) is 6.42. The van der Waals surface area contributed by atoms with Gasteiger partial charge in [0.2, 0.25) is 0 Å². The van der Waals surface area contributed by atoms with Gasteiger partial charge in [0.15, 0.2) is 0 Å². The van der Waals surface area contributed by atoms with Gasteiger partial charge >= 0.3 is 0 Å². The third-order valence-electron chi connectivity index (χ3n) is 12.4. The minimum atomic E-state index is 0.848. The Morgan fingerprint density at radius 3 is 1.21 bits per heavy atom. The summed E-state index contributed by atoms with van der Waals surface area (Å²) in [5.74, 6) is 3.44. The molecule has 0 unspecified atom stereocenters. The van der Waals surface area contributed by atoms with E-state index in [1.165, 1.54) is 33.8 Å². The van der Waals surface area contributed by atoms with E-state index in [0.717, 1.165) is 91.5 Å². The Balaban J connectivity index is 0.840. The Labute approximate surface area is 361 Å². The Kier molecular flexibility index (Phi) is 8.60. The largest absolute Gasteiger partial charge is 0.456 e. The van der Waals surface area contributed by atoms with E-state index in [0.29, 0.717) is 0 Å². The maximum Gasteiger partial charge on any atom is 0.136 e. The molecule has 294 valence electrons. The van der Waals surface area contributed by atoms with Crippen LogP contribution in [0.5, 0.6) is 23.0 Å². The molecule has 0 fully saturated rings. The number of nitrogens with zero attached hydrogens (tertiary/aromatic N) is 2. The number of ether oxygens (including phenoxy) is 2. The number of para-hydroxylation sites is 4. The van der Waals surface area contributed by atoms with Gasteiger partial charge in [-0.3, -0.25) is 0 Å². The molecule has 0 saturated carbocycles. The summed E-state index contributed by atoms with van der Waals surface area (Å²) in [7, 11) is 0. The number of allylic oxidation sites excluding steroid dienone is 4. The predicted molar refractivity (Wildman–Crippen MR) is 255 cm³/mol. The zero-order valence-electron chi connectivity index (χ0n) is 33.9. The van der Waals surface area contributed by atoms with Crippen molar-refractivity contribution in [3.8, 4) is 56.4 Å². The molecule has 2 heterocycles. The van der Waals surface area contributed by atoms with E-state index < -0.39 is 0 Å². The molecule has 9 aromatic carbocycles. The second kappa shape index (κ2) is 14.9. The highest BCUT2D eigenvalue weighted by atomic mass is 16.5. The summed E-state index contributed by atoms with van der Waals surface area (Å²) in [5, 5.41) is 2.19. The lowest BCUT2D eigenvalue weighted by Gasteiger charge is -2.30. The molecule has 4 heteroatoms. The summed E-state index contributed by atoms with van der Waals surface area (Å²) in [6, 6.07) is 72.9. The Morgan fingerprint density at radius 2 is 0.726 bits per heavy atom. The van der Waals surface area contributed by atoms with E-state index >= 15 is 0 Å². The van der Waals surface area contributed by atoms with Gasteiger partial charge in [-0.1, -0.05) is 109 Å². The number of rotatable bonds is 8. The molecule has 0 N–H and O–H groups in total. The first-order valence-electron chi connectivity index (χ1n) is 21.3. The molecule has 0 atom stereocenters. The number of hydrogen-bond donors (Lipinski definition) is 0. The van der Waals surface area contributed by atoms with Gasteiger partial charge in [0.1, 0.15) is 23.0 Å². The molecule has 62 heavy (non-hydrogen) atoms. The van der Waals surface area contributed by atoms with Crippen LogP contribution in [0.3, 0.4) is 0 Å². The van der Waals surface area contributed by atoms with Gasteiger partial charge in [-0.2, -0.15) is 0 Å². The van der Waals surface area contributed by atoms with Crippen molar-refractivity contribution in [1.29, 1.82) is 0 Å². The summed E-state index contributed by atoms with van der Waals surface area (Å²) in [4.78, 5) is 4.65. The highest BCUT2D eigenvalue weighted by Gasteiger charge is 2.29. The van der Waals surface area contributed by atoms with Crippen LogP contribution in [0.25, 0.3) is 49.7 Å². The molecule has 3 aliphatic rings. The quantitative estimate of drug-likeness (QED) is 0.153. The van der Waals surface area contributed by atoms with Gasteiger partial charge in [-0.15, -0.1) is 0 Å². The lowest BCUT2D eigenvalue weighted by atomic mass is 9.87.